The minimum absolute atomic E-state index is 0.201. The molecule has 1 aromatic carbocycles. The largest absolute Gasteiger partial charge is 0.335 e. The zero-order chi connectivity index (χ0) is 14.8. The molecule has 1 aliphatic rings. The van der Waals surface area contributed by atoms with Gasteiger partial charge in [-0.25, -0.2) is 0 Å². The predicted octanol–water partition coefficient (Wildman–Crippen LogP) is 4.21. The molecule has 0 saturated heterocycles. The van der Waals surface area contributed by atoms with Crippen LogP contribution in [0.5, 0.6) is 0 Å². The van der Waals surface area contributed by atoms with Crippen LogP contribution in [0.25, 0.3) is 0 Å². The molecule has 1 saturated carbocycles. The standard InChI is InChI=1S/C18H21NOS/c1-13-5-8-17(14(2)12-13)18(20)19(15-6-7-15)10-9-16-4-3-11-21-16/h3-5,8,11-12,15H,6-7,9-10H2,1-2H3. The number of carbonyl (C=O) groups is 1. The van der Waals surface area contributed by atoms with E-state index >= 15 is 0 Å². The summed E-state index contributed by atoms with van der Waals surface area (Å²) in [7, 11) is 0. The van der Waals surface area contributed by atoms with Crippen molar-refractivity contribution in [3.63, 3.8) is 0 Å². The molecule has 0 radical (unpaired) electrons. The number of hydrogen-bond donors (Lipinski definition) is 0. The van der Waals surface area contributed by atoms with Gasteiger partial charge in [-0.05, 0) is 56.2 Å². The normalized spacial score (nSPS) is 14.2. The molecule has 3 heteroatoms. The SMILES string of the molecule is Cc1ccc(C(=O)N(CCc2cccs2)C2CC2)c(C)c1. The summed E-state index contributed by atoms with van der Waals surface area (Å²) in [5.74, 6) is 0.201. The zero-order valence-electron chi connectivity index (χ0n) is 12.6. The lowest BCUT2D eigenvalue weighted by atomic mass is 10.0. The Morgan fingerprint density at radius 1 is 1.29 bits per heavy atom. The van der Waals surface area contributed by atoms with E-state index in [0.29, 0.717) is 6.04 Å². The number of rotatable bonds is 5. The molecule has 1 fully saturated rings. The molecule has 3 rings (SSSR count). The van der Waals surface area contributed by atoms with Crippen molar-refractivity contribution < 1.29 is 4.79 Å². The fourth-order valence-corrected chi connectivity index (χ4v) is 3.43. The van der Waals surface area contributed by atoms with E-state index in [1.807, 2.05) is 19.1 Å². The lowest BCUT2D eigenvalue weighted by Crippen LogP contribution is -2.35. The molecule has 0 aliphatic heterocycles. The minimum Gasteiger partial charge on any atom is -0.335 e. The van der Waals surface area contributed by atoms with Gasteiger partial charge in [0.25, 0.3) is 5.91 Å². The van der Waals surface area contributed by atoms with E-state index in [1.54, 1.807) is 11.3 Å². The maximum absolute atomic E-state index is 12.8. The minimum atomic E-state index is 0.201. The smallest absolute Gasteiger partial charge is 0.254 e. The van der Waals surface area contributed by atoms with Crippen molar-refractivity contribution in [2.75, 3.05) is 6.54 Å². The predicted molar refractivity (Wildman–Crippen MR) is 88.0 cm³/mol. The van der Waals surface area contributed by atoms with Gasteiger partial charge in [0.15, 0.2) is 0 Å². The molecule has 0 N–H and O–H groups in total. The quantitative estimate of drug-likeness (QED) is 0.810. The highest BCUT2D eigenvalue weighted by Gasteiger charge is 2.33. The Balaban J connectivity index is 1.75. The number of aryl methyl sites for hydroxylation is 2. The Kier molecular flexibility index (Phi) is 4.11. The Bertz CT molecular complexity index is 629. The van der Waals surface area contributed by atoms with Crippen LogP contribution in [0.2, 0.25) is 0 Å². The monoisotopic (exact) mass is 299 g/mol. The highest BCUT2D eigenvalue weighted by atomic mass is 32.1. The number of amides is 1. The van der Waals surface area contributed by atoms with Crippen molar-refractivity contribution in [1.82, 2.24) is 4.90 Å². The van der Waals surface area contributed by atoms with Crippen molar-refractivity contribution >= 4 is 17.2 Å². The average molecular weight is 299 g/mol. The maximum Gasteiger partial charge on any atom is 0.254 e. The van der Waals surface area contributed by atoms with Gasteiger partial charge in [-0.3, -0.25) is 4.79 Å². The van der Waals surface area contributed by atoms with Crippen LogP contribution in [0, 0.1) is 13.8 Å². The first-order valence-electron chi connectivity index (χ1n) is 7.56. The summed E-state index contributed by atoms with van der Waals surface area (Å²) in [6.45, 7) is 4.93. The molecule has 1 heterocycles. The van der Waals surface area contributed by atoms with Crippen LogP contribution in [0.4, 0.5) is 0 Å². The fourth-order valence-electron chi connectivity index (χ4n) is 2.73. The van der Waals surface area contributed by atoms with E-state index in [4.69, 9.17) is 0 Å². The van der Waals surface area contributed by atoms with Gasteiger partial charge in [0.2, 0.25) is 0 Å². The van der Waals surface area contributed by atoms with Gasteiger partial charge >= 0.3 is 0 Å². The second-order valence-electron chi connectivity index (χ2n) is 5.88. The number of nitrogens with zero attached hydrogens (tertiary/aromatic N) is 1. The van der Waals surface area contributed by atoms with E-state index in [-0.39, 0.29) is 5.91 Å². The van der Waals surface area contributed by atoms with Gasteiger partial charge in [0.05, 0.1) is 0 Å². The van der Waals surface area contributed by atoms with Gasteiger partial charge < -0.3 is 4.90 Å². The van der Waals surface area contributed by atoms with Gasteiger partial charge in [0, 0.05) is 23.0 Å². The molecule has 0 bridgehead atoms. The Morgan fingerprint density at radius 3 is 2.71 bits per heavy atom. The van der Waals surface area contributed by atoms with E-state index in [2.05, 4.69) is 35.4 Å². The Labute approximate surface area is 130 Å². The molecule has 21 heavy (non-hydrogen) atoms. The van der Waals surface area contributed by atoms with Crippen molar-refractivity contribution in [2.45, 2.75) is 39.2 Å². The second-order valence-corrected chi connectivity index (χ2v) is 6.91. The molecule has 2 nitrogen and oxygen atoms in total. The summed E-state index contributed by atoms with van der Waals surface area (Å²) in [6, 6.07) is 10.8. The summed E-state index contributed by atoms with van der Waals surface area (Å²) in [4.78, 5) is 16.3. The lowest BCUT2D eigenvalue weighted by Gasteiger charge is -2.23. The molecule has 1 amide bonds. The summed E-state index contributed by atoms with van der Waals surface area (Å²) in [5, 5.41) is 2.10. The average Bonchev–Trinajstić information content (AvgIpc) is 3.14. The first-order chi connectivity index (χ1) is 10.1. The topological polar surface area (TPSA) is 20.3 Å². The fraction of sp³-hybridized carbons (Fsp3) is 0.389. The van der Waals surface area contributed by atoms with E-state index in [1.165, 1.54) is 10.4 Å². The molecular formula is C18H21NOS. The van der Waals surface area contributed by atoms with Crippen LogP contribution in [-0.4, -0.2) is 23.4 Å². The molecule has 1 aliphatic carbocycles. The molecule has 0 atom stereocenters. The summed E-state index contributed by atoms with van der Waals surface area (Å²) in [6.07, 6.45) is 3.27. The lowest BCUT2D eigenvalue weighted by molar-refractivity contribution is 0.0744. The molecule has 0 unspecified atom stereocenters. The summed E-state index contributed by atoms with van der Waals surface area (Å²) < 4.78 is 0. The molecule has 1 aromatic heterocycles. The van der Waals surface area contributed by atoms with Gasteiger partial charge in [-0.1, -0.05) is 23.8 Å². The third-order valence-electron chi connectivity index (χ3n) is 4.04. The molecular weight excluding hydrogens is 278 g/mol. The van der Waals surface area contributed by atoms with Crippen LogP contribution in [0.1, 0.15) is 39.2 Å². The highest BCUT2D eigenvalue weighted by molar-refractivity contribution is 7.09. The Hall–Kier alpha value is -1.61. The highest BCUT2D eigenvalue weighted by Crippen LogP contribution is 2.29. The number of carbonyl (C=O) groups excluding carboxylic acids is 1. The van der Waals surface area contributed by atoms with Crippen LogP contribution >= 0.6 is 11.3 Å². The number of benzene rings is 1. The van der Waals surface area contributed by atoms with Gasteiger partial charge in [0.1, 0.15) is 0 Å². The van der Waals surface area contributed by atoms with Crippen LogP contribution in [0.15, 0.2) is 35.7 Å². The van der Waals surface area contributed by atoms with Gasteiger partial charge in [-0.2, -0.15) is 0 Å². The van der Waals surface area contributed by atoms with Gasteiger partial charge in [-0.15, -0.1) is 11.3 Å². The third-order valence-corrected chi connectivity index (χ3v) is 4.98. The second kappa shape index (κ2) is 6.02. The molecule has 2 aromatic rings. The number of hydrogen-bond acceptors (Lipinski definition) is 2. The Morgan fingerprint density at radius 2 is 2.10 bits per heavy atom. The summed E-state index contributed by atoms with van der Waals surface area (Å²) in [5.41, 5.74) is 3.15. The maximum atomic E-state index is 12.8. The van der Waals surface area contributed by atoms with E-state index < -0.39 is 0 Å². The van der Waals surface area contributed by atoms with E-state index in [0.717, 1.165) is 36.9 Å². The first-order valence-corrected chi connectivity index (χ1v) is 8.44. The molecule has 0 spiro atoms. The molecule has 110 valence electrons. The van der Waals surface area contributed by atoms with Crippen molar-refractivity contribution in [3.8, 4) is 0 Å². The van der Waals surface area contributed by atoms with Crippen LogP contribution < -0.4 is 0 Å². The van der Waals surface area contributed by atoms with Crippen molar-refractivity contribution in [3.05, 3.63) is 57.3 Å². The van der Waals surface area contributed by atoms with Crippen molar-refractivity contribution in [2.24, 2.45) is 0 Å². The zero-order valence-corrected chi connectivity index (χ0v) is 13.5. The summed E-state index contributed by atoms with van der Waals surface area (Å²) >= 11 is 1.77. The van der Waals surface area contributed by atoms with E-state index in [9.17, 15) is 4.79 Å². The van der Waals surface area contributed by atoms with Crippen LogP contribution in [-0.2, 0) is 6.42 Å². The number of thiophene rings is 1. The first kappa shape index (κ1) is 14.3. The van der Waals surface area contributed by atoms with Crippen LogP contribution in [0.3, 0.4) is 0 Å². The third kappa shape index (κ3) is 3.35. The van der Waals surface area contributed by atoms with Crippen molar-refractivity contribution in [1.29, 1.82) is 0 Å².